The molecule has 5 nitrogen and oxygen atoms in total. The molecule has 6 heteroatoms. The number of nitrogens with zero attached hydrogens (tertiary/aromatic N) is 2. The van der Waals surface area contributed by atoms with Gasteiger partial charge < -0.3 is 15.1 Å². The molecule has 2 aromatic carbocycles. The zero-order valence-electron chi connectivity index (χ0n) is 19.3. The fourth-order valence-electron chi connectivity index (χ4n) is 3.46. The maximum Gasteiger partial charge on any atom is 0.322 e. The normalized spacial score (nSPS) is 10.5. The third-order valence-corrected chi connectivity index (χ3v) is 6.27. The number of hydrogen-bond donors (Lipinski definition) is 1. The topological polar surface area (TPSA) is 52.7 Å². The summed E-state index contributed by atoms with van der Waals surface area (Å²) in [6.07, 6.45) is 2.57. The molecule has 0 aliphatic carbocycles. The molecule has 0 aliphatic heterocycles. The molecule has 172 valence electrons. The second kappa shape index (κ2) is 12.0. The largest absolute Gasteiger partial charge is 0.332 e. The van der Waals surface area contributed by atoms with E-state index in [9.17, 15) is 9.59 Å². The highest BCUT2D eigenvalue weighted by Crippen LogP contribution is 2.19. The van der Waals surface area contributed by atoms with Gasteiger partial charge in [-0.15, -0.1) is 17.9 Å². The van der Waals surface area contributed by atoms with Gasteiger partial charge in [-0.2, -0.15) is 0 Å². The molecule has 3 rings (SSSR count). The molecule has 1 heterocycles. The Hall–Kier alpha value is -3.38. The van der Waals surface area contributed by atoms with Crippen molar-refractivity contribution < 1.29 is 9.59 Å². The standard InChI is InChI=1S/C27H31N3O2S/c1-4-17-29(27(32)28-24-14-12-22(5-2)13-15-24)20-26(31)30(18-23-9-7-6-8-10-23)19-25-16-11-21(3)33-25/h4,6-16H,1,5,17-20H2,2-3H3,(H,28,32). The summed E-state index contributed by atoms with van der Waals surface area (Å²) in [6.45, 7) is 9.15. The van der Waals surface area contributed by atoms with Gasteiger partial charge in [0.15, 0.2) is 0 Å². The van der Waals surface area contributed by atoms with Crippen LogP contribution in [0.4, 0.5) is 10.5 Å². The van der Waals surface area contributed by atoms with Crippen LogP contribution in [0.3, 0.4) is 0 Å². The van der Waals surface area contributed by atoms with E-state index >= 15 is 0 Å². The van der Waals surface area contributed by atoms with E-state index in [1.165, 1.54) is 15.3 Å². The van der Waals surface area contributed by atoms with Crippen molar-refractivity contribution in [2.75, 3.05) is 18.4 Å². The van der Waals surface area contributed by atoms with E-state index in [1.807, 2.05) is 54.6 Å². The second-order valence-corrected chi connectivity index (χ2v) is 9.27. The predicted octanol–water partition coefficient (Wildman–Crippen LogP) is 5.87. The summed E-state index contributed by atoms with van der Waals surface area (Å²) in [5.74, 6) is -0.108. The van der Waals surface area contributed by atoms with E-state index in [1.54, 1.807) is 22.3 Å². The average Bonchev–Trinajstić information content (AvgIpc) is 3.24. The number of amides is 3. The summed E-state index contributed by atoms with van der Waals surface area (Å²) in [7, 11) is 0. The Balaban J connectivity index is 1.72. The lowest BCUT2D eigenvalue weighted by molar-refractivity contribution is -0.132. The summed E-state index contributed by atoms with van der Waals surface area (Å²) >= 11 is 1.68. The third kappa shape index (κ3) is 7.32. The molecule has 0 aliphatic rings. The lowest BCUT2D eigenvalue weighted by Gasteiger charge is -2.27. The maximum atomic E-state index is 13.4. The molecule has 3 aromatic rings. The molecule has 0 spiro atoms. The fraction of sp³-hybridized carbons (Fsp3) is 0.259. The molecule has 0 radical (unpaired) electrons. The SMILES string of the molecule is C=CCN(CC(=O)N(Cc1ccccc1)Cc1ccc(C)s1)C(=O)Nc1ccc(CC)cc1. The van der Waals surface area contributed by atoms with Crippen molar-refractivity contribution in [1.82, 2.24) is 9.80 Å². The van der Waals surface area contributed by atoms with Crippen molar-refractivity contribution in [3.05, 3.63) is 100 Å². The first kappa shape index (κ1) is 24.3. The molecule has 0 unspecified atom stereocenters. The molecule has 0 saturated carbocycles. The lowest BCUT2D eigenvalue weighted by atomic mass is 10.1. The number of carbonyl (C=O) groups is 2. The average molecular weight is 462 g/mol. The van der Waals surface area contributed by atoms with Crippen molar-refractivity contribution in [1.29, 1.82) is 0 Å². The van der Waals surface area contributed by atoms with Crippen LogP contribution in [0.1, 0.15) is 27.8 Å². The number of thiophene rings is 1. The van der Waals surface area contributed by atoms with Crippen molar-refractivity contribution >= 4 is 29.0 Å². The number of rotatable bonds is 10. The second-order valence-electron chi connectivity index (χ2n) is 7.90. The predicted molar refractivity (Wildman–Crippen MR) is 136 cm³/mol. The van der Waals surface area contributed by atoms with Crippen LogP contribution in [0, 0.1) is 6.92 Å². The highest BCUT2D eigenvalue weighted by Gasteiger charge is 2.22. The number of benzene rings is 2. The third-order valence-electron chi connectivity index (χ3n) is 5.29. The minimum atomic E-state index is -0.320. The quantitative estimate of drug-likeness (QED) is 0.384. The first-order valence-corrected chi connectivity index (χ1v) is 11.9. The molecular weight excluding hydrogens is 430 g/mol. The van der Waals surface area contributed by atoms with Crippen LogP contribution < -0.4 is 5.32 Å². The lowest BCUT2D eigenvalue weighted by Crippen LogP contribution is -2.44. The van der Waals surface area contributed by atoms with Gasteiger partial charge in [-0.25, -0.2) is 4.79 Å². The van der Waals surface area contributed by atoms with Crippen LogP contribution in [0.15, 0.2) is 79.4 Å². The molecular formula is C27H31N3O2S. The van der Waals surface area contributed by atoms with Gasteiger partial charge in [0.1, 0.15) is 6.54 Å². The van der Waals surface area contributed by atoms with Crippen LogP contribution in [-0.2, 0) is 24.3 Å². The van der Waals surface area contributed by atoms with Crippen LogP contribution in [-0.4, -0.2) is 34.8 Å². The van der Waals surface area contributed by atoms with E-state index < -0.39 is 0 Å². The molecule has 0 saturated heterocycles. The van der Waals surface area contributed by atoms with Crippen molar-refractivity contribution in [2.45, 2.75) is 33.4 Å². The first-order valence-electron chi connectivity index (χ1n) is 11.1. The Morgan fingerprint density at radius 3 is 2.27 bits per heavy atom. The summed E-state index contributed by atoms with van der Waals surface area (Å²) in [5.41, 5.74) is 2.95. The van der Waals surface area contributed by atoms with Gasteiger partial charge in [-0.1, -0.05) is 55.5 Å². The van der Waals surface area contributed by atoms with E-state index in [4.69, 9.17) is 0 Å². The van der Waals surface area contributed by atoms with Crippen LogP contribution in [0.2, 0.25) is 0 Å². The maximum absolute atomic E-state index is 13.4. The Bertz CT molecular complexity index is 1060. The molecule has 33 heavy (non-hydrogen) atoms. The van der Waals surface area contributed by atoms with E-state index in [0.29, 0.717) is 18.8 Å². The smallest absolute Gasteiger partial charge is 0.322 e. The summed E-state index contributed by atoms with van der Waals surface area (Å²) < 4.78 is 0. The summed E-state index contributed by atoms with van der Waals surface area (Å²) in [5, 5.41) is 2.90. The summed E-state index contributed by atoms with van der Waals surface area (Å²) in [4.78, 5) is 31.9. The highest BCUT2D eigenvalue weighted by atomic mass is 32.1. The Morgan fingerprint density at radius 2 is 1.67 bits per heavy atom. The molecule has 0 bridgehead atoms. The van der Waals surface area contributed by atoms with Crippen molar-refractivity contribution in [3.8, 4) is 0 Å². The minimum absolute atomic E-state index is 0.0257. The molecule has 3 amide bonds. The number of carbonyl (C=O) groups excluding carboxylic acids is 2. The van der Waals surface area contributed by atoms with Gasteiger partial charge in [-0.05, 0) is 48.7 Å². The molecule has 1 N–H and O–H groups in total. The zero-order chi connectivity index (χ0) is 23.6. The summed E-state index contributed by atoms with van der Waals surface area (Å²) in [6, 6.07) is 21.4. The van der Waals surface area contributed by atoms with Crippen LogP contribution in [0.5, 0.6) is 0 Å². The van der Waals surface area contributed by atoms with Gasteiger partial charge >= 0.3 is 6.03 Å². The van der Waals surface area contributed by atoms with Crippen LogP contribution in [0.25, 0.3) is 0 Å². The molecule has 1 aromatic heterocycles. The number of aryl methyl sites for hydroxylation is 2. The Morgan fingerprint density at radius 1 is 0.939 bits per heavy atom. The van der Waals surface area contributed by atoms with Gasteiger partial charge in [0.2, 0.25) is 5.91 Å². The van der Waals surface area contributed by atoms with Gasteiger partial charge in [0.05, 0.1) is 6.54 Å². The van der Waals surface area contributed by atoms with Gasteiger partial charge in [-0.3, -0.25) is 4.79 Å². The molecule has 0 fully saturated rings. The van der Waals surface area contributed by atoms with Gasteiger partial charge in [0, 0.05) is 28.5 Å². The highest BCUT2D eigenvalue weighted by molar-refractivity contribution is 7.11. The number of nitrogens with one attached hydrogen (secondary N) is 1. The first-order chi connectivity index (χ1) is 16.0. The molecule has 0 atom stereocenters. The fourth-order valence-corrected chi connectivity index (χ4v) is 4.37. The van der Waals surface area contributed by atoms with Gasteiger partial charge in [0.25, 0.3) is 0 Å². The number of urea groups is 1. The monoisotopic (exact) mass is 461 g/mol. The number of anilines is 1. The van der Waals surface area contributed by atoms with E-state index in [2.05, 4.69) is 37.9 Å². The van der Waals surface area contributed by atoms with E-state index in [-0.39, 0.29) is 25.0 Å². The number of hydrogen-bond acceptors (Lipinski definition) is 3. The van der Waals surface area contributed by atoms with Crippen molar-refractivity contribution in [2.24, 2.45) is 0 Å². The van der Waals surface area contributed by atoms with Crippen LogP contribution >= 0.6 is 11.3 Å². The minimum Gasteiger partial charge on any atom is -0.332 e. The van der Waals surface area contributed by atoms with Crippen molar-refractivity contribution in [3.63, 3.8) is 0 Å². The zero-order valence-corrected chi connectivity index (χ0v) is 20.1. The Labute approximate surface area is 200 Å². The Kier molecular flexibility index (Phi) is 8.84. The van der Waals surface area contributed by atoms with E-state index in [0.717, 1.165) is 16.9 Å².